The molecule has 0 aliphatic rings. The standard InChI is InChI=1S/C4H7NO4.C2H7NS.Ca/c5-2(4(8)9)1-3(6)7;3-1-2-4;/h2H,1,5H2,(H,6,7)(H,8,9);4H,1-3H2;/q;;+2/p-2. The Hall–Kier alpha value is 0.470. The predicted molar refractivity (Wildman–Crippen MR) is 51.3 cm³/mol. The fourth-order valence-electron chi connectivity index (χ4n) is 0.263. The second-order valence-corrected chi connectivity index (χ2v) is 2.46. The maximum absolute atomic E-state index is 9.71. The molecule has 0 heterocycles. The van der Waals surface area contributed by atoms with Crippen LogP contribution in [0.4, 0.5) is 0 Å². The molecule has 4 N–H and O–H groups in total. The molecule has 8 heteroatoms. The Balaban J connectivity index is -0.000000209. The van der Waals surface area contributed by atoms with Crippen molar-refractivity contribution in [2.24, 2.45) is 11.5 Å². The molecule has 0 saturated carbocycles. The molecule has 0 bridgehead atoms. The predicted octanol–water partition coefficient (Wildman–Crippen LogP) is -4.30. The van der Waals surface area contributed by atoms with Gasteiger partial charge in [-0.15, -0.1) is 0 Å². The second-order valence-electron chi connectivity index (χ2n) is 2.01. The van der Waals surface area contributed by atoms with E-state index in [1.165, 1.54) is 0 Å². The molecule has 0 rings (SSSR count). The molecule has 0 aromatic carbocycles. The van der Waals surface area contributed by atoms with E-state index in [-0.39, 0.29) is 37.7 Å². The minimum absolute atomic E-state index is 0. The zero-order valence-electron chi connectivity index (χ0n) is 7.64. The largest absolute Gasteiger partial charge is 2.00 e. The number of aliphatic carboxylic acids is 2. The fraction of sp³-hybridized carbons (Fsp3) is 0.667. The van der Waals surface area contributed by atoms with Crippen LogP contribution in [0.1, 0.15) is 6.42 Å². The number of carboxylic acids is 2. The van der Waals surface area contributed by atoms with E-state index >= 15 is 0 Å². The molecular weight excluding hydrogens is 236 g/mol. The van der Waals surface area contributed by atoms with Gasteiger partial charge in [-0.2, -0.15) is 12.6 Å². The van der Waals surface area contributed by atoms with Crippen molar-refractivity contribution >= 4 is 62.3 Å². The molecule has 0 aromatic rings. The number of hydrogen-bond acceptors (Lipinski definition) is 7. The van der Waals surface area contributed by atoms with Gasteiger partial charge in [0.1, 0.15) is 0 Å². The number of carboxylic acid groups (broad SMARTS) is 2. The van der Waals surface area contributed by atoms with E-state index < -0.39 is 24.4 Å². The number of nitrogens with two attached hydrogens (primary N) is 2. The number of thiol groups is 1. The summed E-state index contributed by atoms with van der Waals surface area (Å²) >= 11 is 3.80. The molecule has 0 aromatic heterocycles. The molecule has 0 saturated heterocycles. The van der Waals surface area contributed by atoms with Gasteiger partial charge in [-0.25, -0.2) is 0 Å². The summed E-state index contributed by atoms with van der Waals surface area (Å²) in [6.07, 6.45) is -0.706. The first-order valence-corrected chi connectivity index (χ1v) is 4.06. The Morgan fingerprint density at radius 3 is 1.79 bits per heavy atom. The van der Waals surface area contributed by atoms with Crippen molar-refractivity contribution in [1.82, 2.24) is 0 Å². The molecule has 0 amide bonds. The van der Waals surface area contributed by atoms with Crippen LogP contribution >= 0.6 is 12.6 Å². The van der Waals surface area contributed by atoms with E-state index in [1.807, 2.05) is 0 Å². The number of hydrogen-bond donors (Lipinski definition) is 3. The topological polar surface area (TPSA) is 132 Å². The SMILES string of the molecule is NC(CC(=O)[O-])C(=O)[O-].NCCS.[Ca+2]. The van der Waals surface area contributed by atoms with E-state index in [0.29, 0.717) is 6.54 Å². The quantitative estimate of drug-likeness (QED) is 0.340. The van der Waals surface area contributed by atoms with Gasteiger partial charge in [-0.3, -0.25) is 0 Å². The van der Waals surface area contributed by atoms with Gasteiger partial charge in [0.15, 0.2) is 0 Å². The van der Waals surface area contributed by atoms with Crippen molar-refractivity contribution in [3.05, 3.63) is 0 Å². The van der Waals surface area contributed by atoms with Crippen LogP contribution in [0.15, 0.2) is 0 Å². The number of carbonyl (C=O) groups excluding carboxylic acids is 2. The summed E-state index contributed by atoms with van der Waals surface area (Å²) in [5.74, 6) is -2.29. The van der Waals surface area contributed by atoms with Crippen molar-refractivity contribution in [2.45, 2.75) is 12.5 Å². The third-order valence-electron chi connectivity index (χ3n) is 0.818. The van der Waals surface area contributed by atoms with Gasteiger partial charge in [-0.05, 0) is 0 Å². The van der Waals surface area contributed by atoms with Crippen molar-refractivity contribution < 1.29 is 19.8 Å². The van der Waals surface area contributed by atoms with E-state index in [4.69, 9.17) is 11.5 Å². The molecule has 0 radical (unpaired) electrons. The van der Waals surface area contributed by atoms with Crippen molar-refractivity contribution in [3.63, 3.8) is 0 Å². The average Bonchev–Trinajstić information content (AvgIpc) is 2.03. The smallest absolute Gasteiger partial charge is 0.550 e. The van der Waals surface area contributed by atoms with Crippen LogP contribution in [0.3, 0.4) is 0 Å². The Labute approximate surface area is 117 Å². The Morgan fingerprint density at radius 1 is 1.36 bits per heavy atom. The molecule has 6 nitrogen and oxygen atoms in total. The van der Waals surface area contributed by atoms with Crippen molar-refractivity contribution in [3.8, 4) is 0 Å². The summed E-state index contributed by atoms with van der Waals surface area (Å²) in [5.41, 5.74) is 9.69. The van der Waals surface area contributed by atoms with Crippen LogP contribution in [0, 0.1) is 0 Å². The van der Waals surface area contributed by atoms with Gasteiger partial charge in [0.2, 0.25) is 0 Å². The maximum Gasteiger partial charge on any atom is 2.00 e. The number of carbonyl (C=O) groups is 2. The minimum Gasteiger partial charge on any atom is -0.550 e. The van der Waals surface area contributed by atoms with Gasteiger partial charge >= 0.3 is 37.7 Å². The van der Waals surface area contributed by atoms with E-state index in [2.05, 4.69) is 12.6 Å². The van der Waals surface area contributed by atoms with Crippen LogP contribution in [0.25, 0.3) is 0 Å². The van der Waals surface area contributed by atoms with E-state index in [9.17, 15) is 19.8 Å². The molecule has 1 unspecified atom stereocenters. The first kappa shape index (κ1) is 20.0. The zero-order valence-corrected chi connectivity index (χ0v) is 10.7. The molecule has 0 fully saturated rings. The monoisotopic (exact) mass is 248 g/mol. The Bertz CT molecular complexity index is 168. The summed E-state index contributed by atoms with van der Waals surface area (Å²) in [4.78, 5) is 19.3. The third kappa shape index (κ3) is 18.3. The molecule has 14 heavy (non-hydrogen) atoms. The van der Waals surface area contributed by atoms with Gasteiger partial charge in [0, 0.05) is 30.7 Å². The second kappa shape index (κ2) is 13.5. The average molecular weight is 248 g/mol. The van der Waals surface area contributed by atoms with Gasteiger partial charge in [0.05, 0.1) is 5.97 Å². The van der Waals surface area contributed by atoms with Crippen molar-refractivity contribution in [2.75, 3.05) is 12.3 Å². The fourth-order valence-corrected chi connectivity index (χ4v) is 0.263. The normalized spacial score (nSPS) is 10.2. The first-order chi connectivity index (χ1) is 5.95. The first-order valence-electron chi connectivity index (χ1n) is 3.42. The Morgan fingerprint density at radius 2 is 1.71 bits per heavy atom. The molecule has 0 aliphatic heterocycles. The summed E-state index contributed by atoms with van der Waals surface area (Å²) in [7, 11) is 0. The maximum atomic E-state index is 9.71. The van der Waals surface area contributed by atoms with E-state index in [1.54, 1.807) is 0 Å². The summed E-state index contributed by atoms with van der Waals surface area (Å²) in [6.45, 7) is 0.684. The van der Waals surface area contributed by atoms with Crippen LogP contribution in [0.5, 0.6) is 0 Å². The van der Waals surface area contributed by atoms with Crippen LogP contribution < -0.4 is 21.7 Å². The van der Waals surface area contributed by atoms with Gasteiger partial charge in [-0.1, -0.05) is 0 Å². The van der Waals surface area contributed by atoms with Gasteiger partial charge in [0.25, 0.3) is 0 Å². The zero-order chi connectivity index (χ0) is 10.9. The molecular formula is C6H12CaN2O4S. The molecule has 78 valence electrons. The third-order valence-corrected chi connectivity index (χ3v) is 1.08. The van der Waals surface area contributed by atoms with Crippen LogP contribution in [0.2, 0.25) is 0 Å². The summed E-state index contributed by atoms with van der Waals surface area (Å²) in [5, 5.41) is 19.3. The number of rotatable bonds is 4. The molecule has 0 aliphatic carbocycles. The Kier molecular flexibility index (Phi) is 19.2. The van der Waals surface area contributed by atoms with E-state index in [0.717, 1.165) is 5.75 Å². The van der Waals surface area contributed by atoms with Crippen LogP contribution in [-0.2, 0) is 9.59 Å². The van der Waals surface area contributed by atoms with Gasteiger partial charge < -0.3 is 31.3 Å². The summed E-state index contributed by atoms with van der Waals surface area (Å²) < 4.78 is 0. The molecule has 0 spiro atoms. The molecule has 1 atom stereocenters. The minimum atomic E-state index is -1.58. The summed E-state index contributed by atoms with van der Waals surface area (Å²) in [6, 6.07) is -1.46. The van der Waals surface area contributed by atoms with Crippen molar-refractivity contribution in [1.29, 1.82) is 0 Å². The van der Waals surface area contributed by atoms with Crippen LogP contribution in [-0.4, -0.2) is 68.0 Å².